The molecular weight excluding hydrogens is 286 g/mol. The number of carbonyl (C=O) groups is 1. The van der Waals surface area contributed by atoms with E-state index in [9.17, 15) is 4.79 Å². The van der Waals surface area contributed by atoms with E-state index in [2.05, 4.69) is 22.8 Å². The zero-order valence-corrected chi connectivity index (χ0v) is 13.9. The first-order valence-electron chi connectivity index (χ1n) is 8.75. The third-order valence-electron chi connectivity index (χ3n) is 5.28. The van der Waals surface area contributed by atoms with Crippen LogP contribution in [0.5, 0.6) is 0 Å². The summed E-state index contributed by atoms with van der Waals surface area (Å²) < 4.78 is 0. The van der Waals surface area contributed by atoms with Crippen LogP contribution in [0.2, 0.25) is 0 Å². The van der Waals surface area contributed by atoms with Crippen molar-refractivity contribution >= 4 is 5.91 Å². The minimum Gasteiger partial charge on any atom is -0.334 e. The molecule has 2 aliphatic rings. The Balaban J connectivity index is 1.78. The van der Waals surface area contributed by atoms with Crippen molar-refractivity contribution in [3.63, 3.8) is 0 Å². The van der Waals surface area contributed by atoms with Gasteiger partial charge in [0.25, 0.3) is 5.91 Å². The fourth-order valence-electron chi connectivity index (χ4n) is 4.20. The van der Waals surface area contributed by atoms with Crippen molar-refractivity contribution in [2.75, 3.05) is 19.6 Å². The first kappa shape index (κ1) is 16.0. The number of amides is 1. The van der Waals surface area contributed by atoms with Gasteiger partial charge in [-0.1, -0.05) is 19.1 Å². The number of nitriles is 1. The maximum Gasteiger partial charge on any atom is 0.254 e. The third-order valence-corrected chi connectivity index (χ3v) is 5.28. The van der Waals surface area contributed by atoms with Crippen molar-refractivity contribution in [3.8, 4) is 6.07 Å². The molecule has 0 saturated carbocycles. The summed E-state index contributed by atoms with van der Waals surface area (Å²) in [5, 5.41) is 8.85. The smallest absolute Gasteiger partial charge is 0.254 e. The number of benzene rings is 1. The quantitative estimate of drug-likeness (QED) is 0.859. The molecule has 0 N–H and O–H groups in total. The first-order valence-corrected chi connectivity index (χ1v) is 8.75. The molecule has 23 heavy (non-hydrogen) atoms. The molecular formula is C19H25N3O. The molecule has 1 aromatic carbocycles. The van der Waals surface area contributed by atoms with Crippen molar-refractivity contribution in [1.82, 2.24) is 9.80 Å². The molecule has 0 unspecified atom stereocenters. The molecule has 1 amide bonds. The zero-order chi connectivity index (χ0) is 16.2. The van der Waals surface area contributed by atoms with Crippen LogP contribution in [0.4, 0.5) is 0 Å². The summed E-state index contributed by atoms with van der Waals surface area (Å²) in [7, 11) is 0. The van der Waals surface area contributed by atoms with Crippen molar-refractivity contribution in [3.05, 3.63) is 35.4 Å². The molecule has 1 aromatic rings. The molecule has 0 spiro atoms. The number of rotatable bonds is 4. The van der Waals surface area contributed by atoms with E-state index in [0.717, 1.165) is 43.6 Å². The molecule has 4 nitrogen and oxygen atoms in total. The highest BCUT2D eigenvalue weighted by atomic mass is 16.2. The summed E-state index contributed by atoms with van der Waals surface area (Å²) in [6, 6.07) is 10.6. The van der Waals surface area contributed by atoms with Crippen LogP contribution in [0.15, 0.2) is 24.3 Å². The fourth-order valence-corrected chi connectivity index (χ4v) is 4.20. The second-order valence-corrected chi connectivity index (χ2v) is 6.58. The van der Waals surface area contributed by atoms with Gasteiger partial charge in [0.2, 0.25) is 0 Å². The Kier molecular flexibility index (Phi) is 4.97. The number of carbonyl (C=O) groups excluding carboxylic acids is 1. The highest BCUT2D eigenvalue weighted by Crippen LogP contribution is 2.30. The summed E-state index contributed by atoms with van der Waals surface area (Å²) in [5.74, 6) is 0.134. The van der Waals surface area contributed by atoms with Crippen LogP contribution >= 0.6 is 0 Å². The Labute approximate surface area is 138 Å². The molecule has 0 radical (unpaired) electrons. The Morgan fingerprint density at radius 2 is 2.04 bits per heavy atom. The molecule has 2 saturated heterocycles. The highest BCUT2D eigenvalue weighted by molar-refractivity contribution is 5.94. The predicted molar refractivity (Wildman–Crippen MR) is 90.1 cm³/mol. The average Bonchev–Trinajstić information content (AvgIpc) is 3.23. The topological polar surface area (TPSA) is 47.3 Å². The Morgan fingerprint density at radius 1 is 1.26 bits per heavy atom. The third kappa shape index (κ3) is 3.25. The van der Waals surface area contributed by atoms with Gasteiger partial charge in [-0.25, -0.2) is 0 Å². The summed E-state index contributed by atoms with van der Waals surface area (Å²) in [6.45, 7) is 5.31. The van der Waals surface area contributed by atoms with Crippen LogP contribution in [0.1, 0.15) is 48.5 Å². The van der Waals surface area contributed by atoms with E-state index in [1.165, 1.54) is 12.8 Å². The van der Waals surface area contributed by atoms with E-state index in [0.29, 0.717) is 18.5 Å². The van der Waals surface area contributed by atoms with E-state index in [4.69, 9.17) is 5.26 Å². The van der Waals surface area contributed by atoms with E-state index in [1.807, 2.05) is 24.3 Å². The lowest BCUT2D eigenvalue weighted by molar-refractivity contribution is 0.0650. The molecule has 0 bridgehead atoms. The monoisotopic (exact) mass is 311 g/mol. The van der Waals surface area contributed by atoms with Crippen LogP contribution in [0.3, 0.4) is 0 Å². The number of likely N-dealkylation sites (N-methyl/N-ethyl adjacent to an activating group) is 1. The van der Waals surface area contributed by atoms with Crippen molar-refractivity contribution < 1.29 is 4.79 Å². The molecule has 3 rings (SSSR count). The second kappa shape index (κ2) is 7.14. The van der Waals surface area contributed by atoms with E-state index >= 15 is 0 Å². The van der Waals surface area contributed by atoms with Gasteiger partial charge in [-0.2, -0.15) is 5.26 Å². The normalized spacial score (nSPS) is 24.8. The van der Waals surface area contributed by atoms with Gasteiger partial charge in [-0.05, 0) is 56.5 Å². The number of likely N-dealkylation sites (tertiary alicyclic amines) is 2. The van der Waals surface area contributed by atoms with Gasteiger partial charge in [0.1, 0.15) is 0 Å². The van der Waals surface area contributed by atoms with Crippen LogP contribution in [0.25, 0.3) is 0 Å². The fraction of sp³-hybridized carbons (Fsp3) is 0.579. The number of hydrogen-bond donors (Lipinski definition) is 0. The summed E-state index contributed by atoms with van der Waals surface area (Å²) in [5.41, 5.74) is 1.65. The average molecular weight is 311 g/mol. The lowest BCUT2D eigenvalue weighted by Gasteiger charge is -2.34. The molecule has 2 atom stereocenters. The van der Waals surface area contributed by atoms with Gasteiger partial charge in [0.15, 0.2) is 0 Å². The minimum absolute atomic E-state index is 0.134. The number of nitrogens with zero attached hydrogens (tertiary/aromatic N) is 3. The van der Waals surface area contributed by atoms with Gasteiger partial charge in [0.05, 0.1) is 12.5 Å². The summed E-state index contributed by atoms with van der Waals surface area (Å²) >= 11 is 0. The maximum absolute atomic E-state index is 13.0. The van der Waals surface area contributed by atoms with E-state index in [1.54, 1.807) is 0 Å². The van der Waals surface area contributed by atoms with Crippen LogP contribution in [0, 0.1) is 11.3 Å². The largest absolute Gasteiger partial charge is 0.334 e. The Bertz CT molecular complexity index is 607. The number of hydrogen-bond acceptors (Lipinski definition) is 3. The van der Waals surface area contributed by atoms with E-state index < -0.39 is 0 Å². The highest BCUT2D eigenvalue weighted by Gasteiger charge is 2.39. The van der Waals surface area contributed by atoms with Gasteiger partial charge in [0, 0.05) is 24.2 Å². The maximum atomic E-state index is 13.0. The first-order chi connectivity index (χ1) is 11.2. The van der Waals surface area contributed by atoms with Crippen LogP contribution in [-0.2, 0) is 6.42 Å². The second-order valence-electron chi connectivity index (χ2n) is 6.58. The van der Waals surface area contributed by atoms with Crippen molar-refractivity contribution in [2.24, 2.45) is 0 Å². The molecule has 2 fully saturated rings. The molecule has 2 aliphatic heterocycles. The van der Waals surface area contributed by atoms with E-state index in [-0.39, 0.29) is 5.91 Å². The van der Waals surface area contributed by atoms with Crippen molar-refractivity contribution in [1.29, 1.82) is 5.26 Å². The Morgan fingerprint density at radius 3 is 2.83 bits per heavy atom. The summed E-state index contributed by atoms with van der Waals surface area (Å²) in [6.07, 6.45) is 5.02. The Hall–Kier alpha value is -1.86. The minimum atomic E-state index is 0.134. The summed E-state index contributed by atoms with van der Waals surface area (Å²) in [4.78, 5) is 17.6. The van der Waals surface area contributed by atoms with Crippen LogP contribution < -0.4 is 0 Å². The van der Waals surface area contributed by atoms with Gasteiger partial charge in [-0.3, -0.25) is 9.69 Å². The zero-order valence-electron chi connectivity index (χ0n) is 13.9. The molecule has 122 valence electrons. The lowest BCUT2D eigenvalue weighted by atomic mass is 10.0. The molecule has 4 heteroatoms. The van der Waals surface area contributed by atoms with Gasteiger partial charge < -0.3 is 4.90 Å². The molecule has 2 heterocycles. The van der Waals surface area contributed by atoms with Crippen molar-refractivity contribution in [2.45, 2.75) is 51.1 Å². The van der Waals surface area contributed by atoms with Gasteiger partial charge >= 0.3 is 0 Å². The van der Waals surface area contributed by atoms with Crippen LogP contribution in [-0.4, -0.2) is 47.4 Å². The van der Waals surface area contributed by atoms with Gasteiger partial charge in [-0.15, -0.1) is 0 Å². The standard InChI is InChI=1S/C19H25N3O/c1-2-21-12-4-8-17(21)18-9-5-13-22(18)19(23)16-7-3-6-15(14-16)10-11-20/h3,6-7,14,17-18H,2,4-5,8-10,12-13H2,1H3/t17-,18-/m1/s1. The SMILES string of the molecule is CCN1CCC[C@@H]1[C@H]1CCCN1C(=O)c1cccc(CC#N)c1. The molecule has 0 aliphatic carbocycles. The lowest BCUT2D eigenvalue weighted by Crippen LogP contribution is -2.48. The molecule has 0 aromatic heterocycles. The predicted octanol–water partition coefficient (Wildman–Crippen LogP) is 2.84.